The van der Waals surface area contributed by atoms with Crippen molar-refractivity contribution in [3.63, 3.8) is 0 Å². The number of rotatable bonds is 4. The molecule has 0 aromatic heterocycles. The van der Waals surface area contributed by atoms with Gasteiger partial charge in [-0.05, 0) is 52.9 Å². The summed E-state index contributed by atoms with van der Waals surface area (Å²) < 4.78 is 5.84. The molecular formula is C18H13IN2O5. The minimum atomic E-state index is -0.750. The maximum Gasteiger partial charge on any atom is 0.338 e. The number of benzene rings is 2. The van der Waals surface area contributed by atoms with Gasteiger partial charge in [0, 0.05) is 10.6 Å². The minimum absolute atomic E-state index is 0.0993. The van der Waals surface area contributed by atoms with Crippen molar-refractivity contribution in [2.75, 3.05) is 19.0 Å². The third-order valence-corrected chi connectivity index (χ3v) is 4.75. The number of hydrogen-bond acceptors (Lipinski definition) is 5. The van der Waals surface area contributed by atoms with Gasteiger partial charge in [0.2, 0.25) is 0 Å². The van der Waals surface area contributed by atoms with Crippen molar-refractivity contribution >= 4 is 52.0 Å². The second-order valence-electron chi connectivity index (χ2n) is 5.53. The lowest BCUT2D eigenvalue weighted by molar-refractivity contribution is -0.119. The zero-order chi connectivity index (χ0) is 18.8. The smallest absolute Gasteiger partial charge is 0.338 e. The van der Waals surface area contributed by atoms with Gasteiger partial charge in [0.1, 0.15) is 0 Å². The topological polar surface area (TPSA) is 92.8 Å². The molecule has 1 aliphatic heterocycles. The maximum absolute atomic E-state index is 12.1. The van der Waals surface area contributed by atoms with Crippen molar-refractivity contribution in [1.82, 2.24) is 4.90 Å². The molecule has 0 fully saturated rings. The molecule has 3 rings (SSSR count). The molecule has 0 atom stereocenters. The van der Waals surface area contributed by atoms with E-state index in [4.69, 9.17) is 4.74 Å². The van der Waals surface area contributed by atoms with Crippen LogP contribution in [0.1, 0.15) is 31.1 Å². The highest BCUT2D eigenvalue weighted by atomic mass is 127. The van der Waals surface area contributed by atoms with E-state index in [1.54, 1.807) is 12.1 Å². The summed E-state index contributed by atoms with van der Waals surface area (Å²) >= 11 is 2.08. The molecule has 3 amide bonds. The van der Waals surface area contributed by atoms with Gasteiger partial charge in [0.05, 0.1) is 22.4 Å². The van der Waals surface area contributed by atoms with Crippen LogP contribution in [0, 0.1) is 3.57 Å². The summed E-state index contributed by atoms with van der Waals surface area (Å²) in [5.41, 5.74) is 1.11. The van der Waals surface area contributed by atoms with Crippen LogP contribution in [0.4, 0.5) is 5.69 Å². The SMILES string of the molecule is CN1C(=O)c2ccc(C(=O)OCC(=O)Nc3ccccc3I)cc2C1=O. The molecule has 0 aliphatic carbocycles. The van der Waals surface area contributed by atoms with Crippen molar-refractivity contribution < 1.29 is 23.9 Å². The number of hydrogen-bond donors (Lipinski definition) is 1. The third kappa shape index (κ3) is 3.45. The summed E-state index contributed by atoms with van der Waals surface area (Å²) in [5.74, 6) is -2.12. The van der Waals surface area contributed by atoms with Crippen molar-refractivity contribution in [2.24, 2.45) is 0 Å². The van der Waals surface area contributed by atoms with Gasteiger partial charge in [-0.25, -0.2) is 4.79 Å². The summed E-state index contributed by atoms with van der Waals surface area (Å²) in [7, 11) is 1.37. The molecule has 1 aliphatic rings. The van der Waals surface area contributed by atoms with Crippen LogP contribution in [0.3, 0.4) is 0 Å². The molecule has 2 aromatic carbocycles. The van der Waals surface area contributed by atoms with Gasteiger partial charge in [-0.3, -0.25) is 19.3 Å². The third-order valence-electron chi connectivity index (χ3n) is 3.81. The predicted molar refractivity (Wildman–Crippen MR) is 101 cm³/mol. The van der Waals surface area contributed by atoms with E-state index in [-0.39, 0.29) is 16.7 Å². The Bertz CT molecular complexity index is 941. The zero-order valence-corrected chi connectivity index (χ0v) is 15.8. The highest BCUT2D eigenvalue weighted by Gasteiger charge is 2.33. The van der Waals surface area contributed by atoms with Gasteiger partial charge in [0.15, 0.2) is 6.61 Å². The van der Waals surface area contributed by atoms with Crippen molar-refractivity contribution in [2.45, 2.75) is 0 Å². The van der Waals surface area contributed by atoms with Gasteiger partial charge >= 0.3 is 5.97 Å². The highest BCUT2D eigenvalue weighted by Crippen LogP contribution is 2.23. The Kier molecular flexibility index (Phi) is 5.03. The van der Waals surface area contributed by atoms with Crippen LogP contribution in [0.5, 0.6) is 0 Å². The van der Waals surface area contributed by atoms with E-state index in [2.05, 4.69) is 27.9 Å². The van der Waals surface area contributed by atoms with Crippen LogP contribution < -0.4 is 5.32 Å². The Morgan fingerprint density at radius 1 is 1.08 bits per heavy atom. The van der Waals surface area contributed by atoms with E-state index in [0.29, 0.717) is 5.69 Å². The number of fused-ring (bicyclic) bond motifs is 1. The number of nitrogens with one attached hydrogen (secondary N) is 1. The average molecular weight is 464 g/mol. The second-order valence-corrected chi connectivity index (χ2v) is 6.70. The van der Waals surface area contributed by atoms with E-state index in [1.807, 2.05) is 12.1 Å². The van der Waals surface area contributed by atoms with Crippen molar-refractivity contribution in [1.29, 1.82) is 0 Å². The Morgan fingerprint density at radius 3 is 2.50 bits per heavy atom. The number of carbonyl (C=O) groups is 4. The molecule has 26 heavy (non-hydrogen) atoms. The molecule has 0 saturated heterocycles. The molecule has 0 bridgehead atoms. The molecule has 0 radical (unpaired) electrons. The first kappa shape index (κ1) is 18.1. The fourth-order valence-electron chi connectivity index (χ4n) is 2.45. The summed E-state index contributed by atoms with van der Waals surface area (Å²) in [4.78, 5) is 48.8. The maximum atomic E-state index is 12.1. The van der Waals surface area contributed by atoms with Crippen LogP contribution in [0.15, 0.2) is 42.5 Å². The molecule has 0 saturated carbocycles. The standard InChI is InChI=1S/C18H13IN2O5/c1-21-16(23)11-7-6-10(8-12(11)17(21)24)18(25)26-9-15(22)20-14-5-3-2-4-13(14)19/h2-8H,9H2,1H3,(H,20,22). The van der Waals surface area contributed by atoms with E-state index >= 15 is 0 Å². The summed E-state index contributed by atoms with van der Waals surface area (Å²) in [6, 6.07) is 11.3. The van der Waals surface area contributed by atoms with E-state index in [9.17, 15) is 19.2 Å². The second kappa shape index (κ2) is 7.24. The first-order valence-electron chi connectivity index (χ1n) is 7.56. The summed E-state index contributed by atoms with van der Waals surface area (Å²) in [5, 5.41) is 2.65. The van der Waals surface area contributed by atoms with Gasteiger partial charge in [-0.1, -0.05) is 12.1 Å². The van der Waals surface area contributed by atoms with Crippen molar-refractivity contribution in [3.8, 4) is 0 Å². The molecule has 0 spiro atoms. The Labute approximate surface area is 162 Å². The lowest BCUT2D eigenvalue weighted by Crippen LogP contribution is -2.24. The number of amides is 3. The first-order chi connectivity index (χ1) is 12.4. The van der Waals surface area contributed by atoms with Gasteiger partial charge in [0.25, 0.3) is 17.7 Å². The number of imide groups is 1. The van der Waals surface area contributed by atoms with E-state index in [0.717, 1.165) is 8.47 Å². The molecule has 0 unspecified atom stereocenters. The Balaban J connectivity index is 1.64. The fraction of sp³-hybridized carbons (Fsp3) is 0.111. The van der Waals surface area contributed by atoms with Crippen LogP contribution in [-0.2, 0) is 9.53 Å². The van der Waals surface area contributed by atoms with Crippen LogP contribution >= 0.6 is 22.6 Å². The summed E-state index contributed by atoms with van der Waals surface area (Å²) in [6.45, 7) is -0.465. The predicted octanol–water partition coefficient (Wildman–Crippen LogP) is 2.31. The molecule has 132 valence electrons. The molecule has 7 nitrogen and oxygen atoms in total. The summed E-state index contributed by atoms with van der Waals surface area (Å²) in [6.07, 6.45) is 0. The normalized spacial score (nSPS) is 12.8. The van der Waals surface area contributed by atoms with Crippen molar-refractivity contribution in [3.05, 3.63) is 62.7 Å². The van der Waals surface area contributed by atoms with E-state index < -0.39 is 30.3 Å². The molecular weight excluding hydrogens is 451 g/mol. The Hall–Kier alpha value is -2.75. The molecule has 2 aromatic rings. The number of esters is 1. The average Bonchev–Trinajstić information content (AvgIpc) is 2.85. The lowest BCUT2D eigenvalue weighted by Gasteiger charge is -2.08. The number of halogens is 1. The largest absolute Gasteiger partial charge is 0.452 e. The lowest BCUT2D eigenvalue weighted by atomic mass is 10.1. The highest BCUT2D eigenvalue weighted by molar-refractivity contribution is 14.1. The van der Waals surface area contributed by atoms with Gasteiger partial charge in [-0.15, -0.1) is 0 Å². The van der Waals surface area contributed by atoms with Gasteiger partial charge < -0.3 is 10.1 Å². The minimum Gasteiger partial charge on any atom is -0.452 e. The van der Waals surface area contributed by atoms with Crippen LogP contribution in [0.25, 0.3) is 0 Å². The van der Waals surface area contributed by atoms with Gasteiger partial charge in [-0.2, -0.15) is 0 Å². The van der Waals surface area contributed by atoms with Crippen LogP contribution in [0.2, 0.25) is 0 Å². The first-order valence-corrected chi connectivity index (χ1v) is 8.64. The number of anilines is 1. The fourth-order valence-corrected chi connectivity index (χ4v) is 2.97. The monoisotopic (exact) mass is 464 g/mol. The Morgan fingerprint density at radius 2 is 1.77 bits per heavy atom. The molecule has 1 heterocycles. The quantitative estimate of drug-likeness (QED) is 0.426. The molecule has 8 heteroatoms. The number of para-hydroxylation sites is 1. The van der Waals surface area contributed by atoms with Crippen LogP contribution in [-0.4, -0.2) is 42.2 Å². The number of carbonyl (C=O) groups excluding carboxylic acids is 4. The van der Waals surface area contributed by atoms with E-state index in [1.165, 1.54) is 25.2 Å². The number of nitrogens with zero attached hydrogens (tertiary/aromatic N) is 1. The zero-order valence-electron chi connectivity index (χ0n) is 13.6. The molecule has 1 N–H and O–H groups in total. The number of ether oxygens (including phenoxy) is 1.